The van der Waals surface area contributed by atoms with Crippen molar-refractivity contribution < 1.29 is 37.2 Å². The lowest BCUT2D eigenvalue weighted by molar-refractivity contribution is -0.201. The molecule has 16 heteroatoms. The number of aliphatic hydroxyl groups excluding tert-OH is 1. The molecule has 3 rings (SSSR count). The summed E-state index contributed by atoms with van der Waals surface area (Å²) in [7, 11) is 0.603. The average Bonchev–Trinajstić information content (AvgIpc) is 3.24. The zero-order valence-corrected chi connectivity index (χ0v) is 20.1. The number of carbonyl (C=O) groups excluding carboxylic acids is 1. The number of nitrogens with zero attached hydrogens (tertiary/aromatic N) is 5. The second kappa shape index (κ2) is 9.58. The maximum atomic E-state index is 15.6. The molecular formula is C18H27F2N7O6P+. The van der Waals surface area contributed by atoms with Crippen LogP contribution in [0.4, 0.5) is 20.5 Å². The molecule has 6 atom stereocenters. The number of carbonyl (C=O) groups is 1. The van der Waals surface area contributed by atoms with Crippen LogP contribution in [0.2, 0.25) is 0 Å². The molecule has 0 bridgehead atoms. The molecule has 2 aromatic rings. The van der Waals surface area contributed by atoms with Crippen LogP contribution in [0.15, 0.2) is 6.33 Å². The van der Waals surface area contributed by atoms with E-state index in [1.54, 1.807) is 25.9 Å². The molecule has 2 aromatic heterocycles. The summed E-state index contributed by atoms with van der Waals surface area (Å²) in [6, 6.07) is -1.01. The lowest BCUT2D eigenvalue weighted by Gasteiger charge is -2.24. The maximum Gasteiger partial charge on any atom is 0.614 e. The SMILES string of the molecule is CCOC(=O)[C@H](C)N[P+](=O)OC[C@@]1(F)O[C@@H](n2cnc3c(N(C)C)nc(N)nc32)[C@](C)(F)[C@@H]1O. The molecule has 4 N–H and O–H groups in total. The van der Waals surface area contributed by atoms with Crippen LogP contribution >= 0.6 is 8.18 Å². The van der Waals surface area contributed by atoms with Crippen molar-refractivity contribution in [1.82, 2.24) is 24.6 Å². The maximum absolute atomic E-state index is 15.6. The highest BCUT2D eigenvalue weighted by atomic mass is 31.1. The lowest BCUT2D eigenvalue weighted by Crippen LogP contribution is -2.46. The number of hydrogen-bond donors (Lipinski definition) is 3. The van der Waals surface area contributed by atoms with E-state index in [1.165, 1.54) is 6.92 Å². The fraction of sp³-hybridized carbons (Fsp3) is 0.667. The number of fused-ring (bicyclic) bond motifs is 1. The molecule has 1 saturated heterocycles. The van der Waals surface area contributed by atoms with Crippen LogP contribution in [0.3, 0.4) is 0 Å². The van der Waals surface area contributed by atoms with Gasteiger partial charge in [0.05, 0.1) is 12.9 Å². The van der Waals surface area contributed by atoms with Gasteiger partial charge in [0.1, 0.15) is 6.04 Å². The number of hydrogen-bond acceptors (Lipinski definition) is 11. The van der Waals surface area contributed by atoms with Gasteiger partial charge in [0.15, 0.2) is 41.6 Å². The number of alkyl halides is 2. The summed E-state index contributed by atoms with van der Waals surface area (Å²) in [6.07, 6.45) is -2.90. The van der Waals surface area contributed by atoms with Crippen LogP contribution in [0.25, 0.3) is 11.2 Å². The average molecular weight is 506 g/mol. The fourth-order valence-electron chi connectivity index (χ4n) is 3.43. The van der Waals surface area contributed by atoms with Gasteiger partial charge in [-0.2, -0.15) is 9.97 Å². The molecule has 188 valence electrons. The van der Waals surface area contributed by atoms with Crippen molar-refractivity contribution in [3.8, 4) is 0 Å². The third-order valence-corrected chi connectivity index (χ3v) is 6.11. The van der Waals surface area contributed by atoms with Gasteiger partial charge in [-0.05, 0) is 25.3 Å². The summed E-state index contributed by atoms with van der Waals surface area (Å²) < 4.78 is 59.2. The smallest absolute Gasteiger partial charge is 0.465 e. The van der Waals surface area contributed by atoms with Crippen LogP contribution < -0.4 is 15.7 Å². The first-order valence-electron chi connectivity index (χ1n) is 10.3. The van der Waals surface area contributed by atoms with Crippen LogP contribution in [0.1, 0.15) is 27.0 Å². The number of rotatable bonds is 9. The van der Waals surface area contributed by atoms with Crippen molar-refractivity contribution in [2.75, 3.05) is 37.9 Å². The summed E-state index contributed by atoms with van der Waals surface area (Å²) in [5.74, 6) is -3.57. The Hall–Kier alpha value is -2.58. The number of imidazole rings is 1. The number of nitrogens with one attached hydrogen (secondary N) is 1. The second-order valence-electron chi connectivity index (χ2n) is 8.07. The van der Waals surface area contributed by atoms with E-state index in [-0.39, 0.29) is 23.7 Å². The number of nitrogens with two attached hydrogens (primary N) is 1. The zero-order chi connectivity index (χ0) is 25.4. The first kappa shape index (κ1) is 26.0. The van der Waals surface area contributed by atoms with Gasteiger partial charge >= 0.3 is 14.1 Å². The molecule has 34 heavy (non-hydrogen) atoms. The summed E-state index contributed by atoms with van der Waals surface area (Å²) in [5, 5.41) is 12.7. The van der Waals surface area contributed by atoms with E-state index in [9.17, 15) is 14.5 Å². The van der Waals surface area contributed by atoms with Gasteiger partial charge in [0.25, 0.3) is 5.85 Å². The predicted octanol–water partition coefficient (Wildman–Crippen LogP) is 0.973. The lowest BCUT2D eigenvalue weighted by atomic mass is 9.97. The Labute approximate surface area is 194 Å². The Balaban J connectivity index is 1.82. The van der Waals surface area contributed by atoms with Crippen LogP contribution in [-0.2, 0) is 23.4 Å². The largest absolute Gasteiger partial charge is 0.614 e. The monoisotopic (exact) mass is 506 g/mol. The summed E-state index contributed by atoms with van der Waals surface area (Å²) in [5.41, 5.74) is 3.38. The normalized spacial score (nSPS) is 28.2. The first-order valence-corrected chi connectivity index (χ1v) is 11.4. The minimum atomic E-state index is -3.09. The molecule has 3 heterocycles. The quantitative estimate of drug-likeness (QED) is 0.326. The molecule has 0 saturated carbocycles. The fourth-order valence-corrected chi connectivity index (χ4v) is 4.22. The van der Waals surface area contributed by atoms with E-state index in [0.717, 1.165) is 17.8 Å². The van der Waals surface area contributed by atoms with Crippen LogP contribution in [0, 0.1) is 0 Å². The molecule has 1 aliphatic rings. The third-order valence-electron chi connectivity index (χ3n) is 5.15. The van der Waals surface area contributed by atoms with Gasteiger partial charge in [0.2, 0.25) is 5.95 Å². The summed E-state index contributed by atoms with van der Waals surface area (Å²) in [4.78, 5) is 25.5. The Kier molecular flexibility index (Phi) is 7.34. The number of aromatic nitrogens is 4. The van der Waals surface area contributed by atoms with Gasteiger partial charge in [-0.1, -0.05) is 5.09 Å². The van der Waals surface area contributed by atoms with E-state index in [0.29, 0.717) is 5.82 Å². The first-order chi connectivity index (χ1) is 15.8. The van der Waals surface area contributed by atoms with Crippen LogP contribution in [-0.4, -0.2) is 81.6 Å². The van der Waals surface area contributed by atoms with Crippen molar-refractivity contribution in [2.24, 2.45) is 0 Å². The molecule has 0 amide bonds. The number of nitrogen functional groups attached to an aromatic ring is 1. The third kappa shape index (κ3) is 4.79. The standard InChI is InChI=1S/C18H27F2N7O6P/c1-6-31-13(28)9(2)25-34(30)32-7-18(20)14(29)17(3,19)15(33-18)27-8-22-10-11(26(4)5)23-16(21)24-12(10)27/h8-9,14-15,29H,6-7H2,1-5H3,(H,25,30)(H2,21,23,24)/q+1/t9-,14-,15+,17+,18+/m0/s1. The Bertz CT molecular complexity index is 1090. The Morgan fingerprint density at radius 1 is 1.47 bits per heavy atom. The molecule has 1 unspecified atom stereocenters. The summed E-state index contributed by atoms with van der Waals surface area (Å²) in [6.45, 7) is 2.92. The van der Waals surface area contributed by atoms with Crippen molar-refractivity contribution in [1.29, 1.82) is 0 Å². The molecule has 0 aromatic carbocycles. The van der Waals surface area contributed by atoms with E-state index < -0.39 is 50.7 Å². The van der Waals surface area contributed by atoms with Crippen molar-refractivity contribution >= 4 is 37.1 Å². The van der Waals surface area contributed by atoms with E-state index in [2.05, 4.69) is 20.0 Å². The number of esters is 1. The second-order valence-corrected chi connectivity index (χ2v) is 9.10. The minimum Gasteiger partial charge on any atom is -0.465 e. The predicted molar refractivity (Wildman–Crippen MR) is 116 cm³/mol. The molecule has 0 aliphatic carbocycles. The topological polar surface area (TPSA) is 167 Å². The number of aliphatic hydroxyl groups is 1. The van der Waals surface area contributed by atoms with Gasteiger partial charge in [0, 0.05) is 14.1 Å². The minimum absolute atomic E-state index is 0.0541. The number of halogens is 2. The molecule has 0 radical (unpaired) electrons. The van der Waals surface area contributed by atoms with E-state index >= 15 is 8.78 Å². The number of anilines is 2. The Morgan fingerprint density at radius 3 is 2.76 bits per heavy atom. The van der Waals surface area contributed by atoms with Gasteiger partial charge in [-0.3, -0.25) is 9.36 Å². The highest BCUT2D eigenvalue weighted by Crippen LogP contribution is 2.49. The van der Waals surface area contributed by atoms with Crippen molar-refractivity contribution in [2.45, 2.75) is 50.7 Å². The van der Waals surface area contributed by atoms with Crippen molar-refractivity contribution in [3.05, 3.63) is 6.33 Å². The number of ether oxygens (including phenoxy) is 2. The zero-order valence-electron chi connectivity index (χ0n) is 19.2. The van der Waals surface area contributed by atoms with Gasteiger partial charge in [-0.25, -0.2) is 13.8 Å². The highest BCUT2D eigenvalue weighted by Gasteiger charge is 2.65. The molecule has 0 spiro atoms. The molecule has 13 nitrogen and oxygen atoms in total. The highest BCUT2D eigenvalue weighted by molar-refractivity contribution is 7.36. The molecule has 1 aliphatic heterocycles. The van der Waals surface area contributed by atoms with Crippen LogP contribution in [0.5, 0.6) is 0 Å². The molecular weight excluding hydrogens is 479 g/mol. The van der Waals surface area contributed by atoms with E-state index in [1.807, 2.05) is 0 Å². The summed E-state index contributed by atoms with van der Waals surface area (Å²) >= 11 is 0. The van der Waals surface area contributed by atoms with E-state index in [4.69, 9.17) is 19.7 Å². The Morgan fingerprint density at radius 2 is 2.15 bits per heavy atom. The van der Waals surface area contributed by atoms with Crippen molar-refractivity contribution in [3.63, 3.8) is 0 Å². The van der Waals surface area contributed by atoms with Gasteiger partial charge < -0.3 is 25.2 Å². The molecule has 1 fully saturated rings. The van der Waals surface area contributed by atoms with Gasteiger partial charge in [-0.15, -0.1) is 4.52 Å².